The van der Waals surface area contributed by atoms with Crippen molar-refractivity contribution in [2.24, 2.45) is 0 Å². The third-order valence-corrected chi connectivity index (χ3v) is 1.88. The molecule has 0 saturated carbocycles. The first-order valence-electron chi connectivity index (χ1n) is 4.33. The van der Waals surface area contributed by atoms with E-state index in [0.29, 0.717) is 17.0 Å². The summed E-state index contributed by atoms with van der Waals surface area (Å²) in [6.45, 7) is 3.68. The maximum Gasteiger partial charge on any atom is 0.476 e. The highest BCUT2D eigenvalue weighted by Crippen LogP contribution is 2.08. The van der Waals surface area contributed by atoms with Gasteiger partial charge in [-0.2, -0.15) is 8.42 Å². The molecule has 0 amide bonds. The Morgan fingerprint density at radius 3 is 2.59 bits per heavy atom. The van der Waals surface area contributed by atoms with E-state index in [4.69, 9.17) is 15.0 Å². The fourth-order valence-corrected chi connectivity index (χ4v) is 1.40. The first-order chi connectivity index (χ1) is 7.33. The zero-order valence-electron chi connectivity index (χ0n) is 9.19. The van der Waals surface area contributed by atoms with Crippen LogP contribution in [-0.4, -0.2) is 30.0 Å². The second-order valence-corrected chi connectivity index (χ2v) is 3.83. The molecule has 0 aliphatic carbocycles. The van der Waals surface area contributed by atoms with E-state index in [-0.39, 0.29) is 17.3 Å². The van der Waals surface area contributed by atoms with Gasteiger partial charge in [0.05, 0.1) is 12.7 Å². The first kappa shape index (κ1) is 15.3. The van der Waals surface area contributed by atoms with E-state index in [1.807, 2.05) is 0 Å². The lowest BCUT2D eigenvalue weighted by molar-refractivity contribution is -0.851. The van der Waals surface area contributed by atoms with Gasteiger partial charge in [0.2, 0.25) is 0 Å². The van der Waals surface area contributed by atoms with Crippen molar-refractivity contribution in [3.8, 4) is 5.88 Å². The van der Waals surface area contributed by atoms with Gasteiger partial charge in [-0.3, -0.25) is 10.3 Å². The van der Waals surface area contributed by atoms with E-state index in [0.717, 1.165) is 0 Å². The van der Waals surface area contributed by atoms with Gasteiger partial charge in [-0.05, 0) is 23.6 Å². The molecule has 0 atom stereocenters. The molecule has 1 heterocycles. The van der Waals surface area contributed by atoms with E-state index in [1.54, 1.807) is 6.92 Å². The van der Waals surface area contributed by atoms with E-state index < -0.39 is 10.4 Å². The average Bonchev–Trinajstić information content (AvgIpc) is 2.10. The van der Waals surface area contributed by atoms with Crippen molar-refractivity contribution in [2.75, 3.05) is 12.3 Å². The number of rotatable bonds is 4. The number of aromatic nitrogens is 2. The Morgan fingerprint density at radius 2 is 2.18 bits per heavy atom. The van der Waals surface area contributed by atoms with E-state index in [1.165, 1.54) is 13.0 Å². The van der Waals surface area contributed by atoms with Crippen LogP contribution in [-0.2, 0) is 10.4 Å². The Hall–Kier alpha value is -1.65. The number of nitrogens with two attached hydrogens (primary N) is 1. The fraction of sp³-hybridized carbons (Fsp3) is 0.429. The minimum absolute atomic E-state index is 0. The van der Waals surface area contributed by atoms with Crippen molar-refractivity contribution in [2.45, 2.75) is 13.8 Å². The third-order valence-electron chi connectivity index (χ3n) is 1.55. The van der Waals surface area contributed by atoms with Crippen LogP contribution in [0.1, 0.15) is 12.6 Å². The van der Waals surface area contributed by atoms with Crippen LogP contribution in [0.3, 0.4) is 0 Å². The van der Waals surface area contributed by atoms with Crippen molar-refractivity contribution >= 4 is 16.3 Å². The van der Waals surface area contributed by atoms with Crippen LogP contribution in [0.4, 0.5) is 5.95 Å². The van der Waals surface area contributed by atoms with Crippen LogP contribution in [0, 0.1) is 6.92 Å². The Morgan fingerprint density at radius 1 is 1.59 bits per heavy atom. The number of anilines is 1. The highest BCUT2D eigenvalue weighted by Gasteiger charge is 2.20. The monoisotopic (exact) mass is 267 g/mol. The molecule has 0 spiro atoms. The van der Waals surface area contributed by atoms with Crippen LogP contribution in [0.5, 0.6) is 5.88 Å². The lowest BCUT2D eigenvalue weighted by Gasteiger charge is -2.05. The minimum Gasteiger partial charge on any atom is -0.870 e. The van der Waals surface area contributed by atoms with Gasteiger partial charge >= 0.3 is 16.3 Å². The third kappa shape index (κ3) is 4.38. The second kappa shape index (κ2) is 5.61. The number of nitrogen functional groups attached to an aromatic ring is 1. The van der Waals surface area contributed by atoms with Gasteiger partial charge in [-0.1, -0.05) is 0 Å². The molecule has 10 heteroatoms. The highest BCUT2D eigenvalue weighted by molar-refractivity contribution is 7.80. The summed E-state index contributed by atoms with van der Waals surface area (Å²) in [4.78, 5) is 3.73. The Balaban J connectivity index is 0.00000256. The highest BCUT2D eigenvalue weighted by atomic mass is 32.3. The predicted octanol–water partition coefficient (Wildman–Crippen LogP) is -1.29. The van der Waals surface area contributed by atoms with Gasteiger partial charge in [0, 0.05) is 0 Å². The zero-order valence-corrected chi connectivity index (χ0v) is 10.0. The summed E-state index contributed by atoms with van der Waals surface area (Å²) >= 11 is 0. The lowest BCUT2D eigenvalue weighted by Crippen LogP contribution is -2.50. The molecule has 1 rings (SSSR count). The number of hydrogen-bond donors (Lipinski definition) is 2. The molecule has 4 N–H and O–H groups in total. The predicted molar refractivity (Wildman–Crippen MR) is 54.8 cm³/mol. The Labute approximate surface area is 98.0 Å². The largest absolute Gasteiger partial charge is 0.870 e. The van der Waals surface area contributed by atoms with Gasteiger partial charge < -0.3 is 10.2 Å². The van der Waals surface area contributed by atoms with Crippen molar-refractivity contribution < 1.29 is 32.2 Å². The molecule has 0 aliphatic heterocycles. The summed E-state index contributed by atoms with van der Waals surface area (Å²) < 4.78 is 39.5. The van der Waals surface area contributed by atoms with Crippen molar-refractivity contribution in [1.82, 2.24) is 4.98 Å². The standard InChI is InChI=1S/C7H11N3O5S.H2O/c1-3-14-6-4-5(2)10(7(8)9-6)15-16(11,12)13;/h4,8H,3H2,1-2H3,(H,11,12,13);1H2. The molecule has 0 bridgehead atoms. The second-order valence-electron chi connectivity index (χ2n) is 2.82. The fourth-order valence-electron chi connectivity index (χ4n) is 1.02. The van der Waals surface area contributed by atoms with Gasteiger partial charge in [-0.25, -0.2) is 4.28 Å². The summed E-state index contributed by atoms with van der Waals surface area (Å²) in [5.41, 5.74) is 5.74. The number of ether oxygens (including phenoxy) is 1. The maximum atomic E-state index is 10.5. The Bertz CT molecular complexity index is 465. The number of aryl methyl sites for hydroxylation is 1. The van der Waals surface area contributed by atoms with Crippen molar-refractivity contribution in [1.29, 1.82) is 0 Å². The molecule has 17 heavy (non-hydrogen) atoms. The molecular weight excluding hydrogens is 254 g/mol. The summed E-state index contributed by atoms with van der Waals surface area (Å²) in [7, 11) is -4.65. The van der Waals surface area contributed by atoms with Crippen LogP contribution in [0.25, 0.3) is 0 Å². The molecule has 9 nitrogen and oxygen atoms in total. The molecule has 98 valence electrons. The quantitative estimate of drug-likeness (QED) is 0.506. The lowest BCUT2D eigenvalue weighted by atomic mass is 10.4. The van der Waals surface area contributed by atoms with E-state index >= 15 is 0 Å². The van der Waals surface area contributed by atoms with E-state index in [9.17, 15) is 8.42 Å². The number of hydrogen-bond acceptors (Lipinski definition) is 7. The van der Waals surface area contributed by atoms with Crippen molar-refractivity contribution in [3.05, 3.63) is 11.8 Å². The van der Waals surface area contributed by atoms with Crippen molar-refractivity contribution in [3.63, 3.8) is 0 Å². The summed E-state index contributed by atoms with van der Waals surface area (Å²) in [6, 6.07) is 1.42. The normalized spacial score (nSPS) is 10.5. The summed E-state index contributed by atoms with van der Waals surface area (Å²) in [5, 5.41) is 0. The van der Waals surface area contributed by atoms with E-state index in [2.05, 4.69) is 9.27 Å². The molecule has 0 aliphatic rings. The zero-order chi connectivity index (χ0) is 12.3. The van der Waals surface area contributed by atoms with Gasteiger partial charge in [0.25, 0.3) is 5.88 Å². The molecule has 1 aromatic heterocycles. The van der Waals surface area contributed by atoms with Gasteiger partial charge in [0.1, 0.15) is 5.69 Å². The molecule has 1 aromatic rings. The minimum atomic E-state index is -4.65. The molecule has 0 radical (unpaired) electrons. The van der Waals surface area contributed by atoms with Gasteiger partial charge in [0.15, 0.2) is 0 Å². The molecular formula is C7H13N3O6S. The van der Waals surface area contributed by atoms with Crippen LogP contribution in [0.15, 0.2) is 6.07 Å². The van der Waals surface area contributed by atoms with Gasteiger partial charge in [-0.15, -0.1) is 0 Å². The van der Waals surface area contributed by atoms with Crippen LogP contribution < -0.4 is 19.5 Å². The smallest absolute Gasteiger partial charge is 0.476 e. The average molecular weight is 267 g/mol. The van der Waals surface area contributed by atoms with Crippen LogP contribution in [0.2, 0.25) is 0 Å². The maximum absolute atomic E-state index is 10.5. The summed E-state index contributed by atoms with van der Waals surface area (Å²) in [6.07, 6.45) is 0. The molecule has 0 saturated heterocycles. The van der Waals surface area contributed by atoms with Crippen LogP contribution >= 0.6 is 0 Å². The SMILES string of the molecule is CCOc1cc(C)[n+](OS(=O)(=O)O)c(N)n1.[OH-]. The Kier molecular flexibility index (Phi) is 5.07. The molecule has 0 aromatic carbocycles. The number of nitrogens with zero attached hydrogens (tertiary/aromatic N) is 2. The topological polar surface area (TPSA) is 146 Å². The molecule has 0 unspecified atom stereocenters. The summed E-state index contributed by atoms with van der Waals surface area (Å²) in [5.74, 6) is -0.00578. The first-order valence-corrected chi connectivity index (χ1v) is 5.69. The molecule has 0 fully saturated rings.